The number of alkyl halides is 3. The number of carbonyl (C=O) groups is 1. The topological polar surface area (TPSA) is 106 Å². The maximum atomic E-state index is 12.8. The predicted octanol–water partition coefficient (Wildman–Crippen LogP) is 6.81. The predicted molar refractivity (Wildman–Crippen MR) is 136 cm³/mol. The zero-order valence-corrected chi connectivity index (χ0v) is 20.5. The molecule has 186 valence electrons. The van der Waals surface area contributed by atoms with Crippen LogP contribution in [0.25, 0.3) is 21.8 Å². The first-order chi connectivity index (χ1) is 16.9. The quantitative estimate of drug-likeness (QED) is 0.279. The van der Waals surface area contributed by atoms with Gasteiger partial charge in [-0.3, -0.25) is 0 Å². The van der Waals surface area contributed by atoms with Gasteiger partial charge in [0.15, 0.2) is 0 Å². The third-order valence-electron chi connectivity index (χ3n) is 5.04. The summed E-state index contributed by atoms with van der Waals surface area (Å²) in [5.41, 5.74) is 7.58. The van der Waals surface area contributed by atoms with E-state index in [-0.39, 0.29) is 17.1 Å². The van der Waals surface area contributed by atoms with Crippen molar-refractivity contribution < 1.29 is 18.0 Å². The van der Waals surface area contributed by atoms with Gasteiger partial charge in [-0.15, -0.1) is 11.3 Å². The zero-order valence-electron chi connectivity index (χ0n) is 19.6. The van der Waals surface area contributed by atoms with Gasteiger partial charge < -0.3 is 16.4 Å². The number of hydrogen-bond acceptors (Lipinski definition) is 6. The monoisotopic (exact) mass is 512 g/mol. The molecule has 2 aromatic carbocycles. The lowest BCUT2D eigenvalue weighted by atomic mass is 9.98. The first-order valence-corrected chi connectivity index (χ1v) is 11.7. The highest BCUT2D eigenvalue weighted by atomic mass is 32.1. The van der Waals surface area contributed by atoms with E-state index in [4.69, 9.17) is 10.7 Å². The number of nitrogens with one attached hydrogen (secondary N) is 2. The Morgan fingerprint density at radius 1 is 0.944 bits per heavy atom. The number of aromatic nitrogens is 3. The molecule has 2 aromatic heterocycles. The molecule has 0 aliphatic heterocycles. The highest BCUT2D eigenvalue weighted by Crippen LogP contribution is 2.40. The molecule has 0 saturated heterocycles. The third-order valence-corrected chi connectivity index (χ3v) is 6.57. The molecule has 4 rings (SSSR count). The molecule has 2 amide bonds. The first kappa shape index (κ1) is 25.1. The van der Waals surface area contributed by atoms with Crippen molar-refractivity contribution in [1.82, 2.24) is 15.0 Å². The van der Waals surface area contributed by atoms with Crippen molar-refractivity contribution in [3.63, 3.8) is 0 Å². The lowest BCUT2D eigenvalue weighted by Crippen LogP contribution is -2.19. The van der Waals surface area contributed by atoms with Crippen LogP contribution < -0.4 is 16.4 Å². The number of urea groups is 1. The molecule has 0 fully saturated rings. The van der Waals surface area contributed by atoms with Crippen molar-refractivity contribution in [2.75, 3.05) is 16.4 Å². The molecule has 0 aliphatic rings. The van der Waals surface area contributed by atoms with Crippen molar-refractivity contribution in [2.24, 2.45) is 0 Å². The number of nitrogen functional groups attached to an aromatic ring is 1. The average Bonchev–Trinajstić information content (AvgIpc) is 3.25. The Balaban J connectivity index is 1.59. The van der Waals surface area contributed by atoms with E-state index in [0.29, 0.717) is 17.1 Å². The summed E-state index contributed by atoms with van der Waals surface area (Å²) in [6.07, 6.45) is -2.87. The minimum absolute atomic E-state index is 0.138. The number of hydrogen-bond donors (Lipinski definition) is 3. The van der Waals surface area contributed by atoms with Gasteiger partial charge in [-0.25, -0.2) is 19.7 Å². The van der Waals surface area contributed by atoms with Crippen molar-refractivity contribution in [3.05, 3.63) is 71.4 Å². The van der Waals surface area contributed by atoms with E-state index in [0.717, 1.165) is 27.6 Å². The minimum Gasteiger partial charge on any atom is -0.368 e. The summed E-state index contributed by atoms with van der Waals surface area (Å²) >= 11 is 1.52. The van der Waals surface area contributed by atoms with Crippen molar-refractivity contribution in [2.45, 2.75) is 32.4 Å². The second-order valence-corrected chi connectivity index (χ2v) is 9.98. The molecule has 2 heterocycles. The minimum atomic E-state index is -4.44. The maximum absolute atomic E-state index is 12.8. The van der Waals surface area contributed by atoms with Crippen LogP contribution >= 0.6 is 11.3 Å². The smallest absolute Gasteiger partial charge is 0.368 e. The number of benzene rings is 2. The van der Waals surface area contributed by atoms with E-state index in [1.807, 2.05) is 6.07 Å². The van der Waals surface area contributed by atoms with Gasteiger partial charge in [0.2, 0.25) is 5.95 Å². The summed E-state index contributed by atoms with van der Waals surface area (Å²) in [7, 11) is 0. The molecule has 11 heteroatoms. The Morgan fingerprint density at radius 3 is 2.28 bits per heavy atom. The van der Waals surface area contributed by atoms with Gasteiger partial charge in [0.05, 0.1) is 21.1 Å². The first-order valence-electron chi connectivity index (χ1n) is 10.9. The fraction of sp³-hybridized carbons (Fsp3) is 0.200. The molecule has 7 nitrogen and oxygen atoms in total. The molecular weight excluding hydrogens is 489 g/mol. The molecule has 0 bridgehead atoms. The van der Waals surface area contributed by atoms with E-state index in [1.165, 1.54) is 23.5 Å². The SMILES string of the molecule is CC(C)(C)c1nc(-c2ccnc(N)n2)c(-c2cccc(NC(=O)Nc3ccc(C(F)(F)F)cc3)c2)s1. The largest absolute Gasteiger partial charge is 0.416 e. The molecular formula is C25H23F3N6OS. The van der Waals surface area contributed by atoms with Crippen molar-refractivity contribution in [1.29, 1.82) is 0 Å². The second kappa shape index (κ2) is 9.57. The summed E-state index contributed by atoms with van der Waals surface area (Å²) in [5.74, 6) is 0.138. The van der Waals surface area contributed by atoms with Crippen molar-refractivity contribution in [3.8, 4) is 21.8 Å². The molecule has 0 atom stereocenters. The summed E-state index contributed by atoms with van der Waals surface area (Å²) in [5, 5.41) is 6.16. The zero-order chi connectivity index (χ0) is 26.1. The molecule has 4 N–H and O–H groups in total. The van der Waals surface area contributed by atoms with Gasteiger partial charge in [0.1, 0.15) is 5.69 Å². The standard InChI is InChI=1S/C25H23F3N6OS/c1-24(2,3)21-34-19(18-11-12-30-22(29)33-18)20(36-21)14-5-4-6-17(13-14)32-23(35)31-16-9-7-15(8-10-16)25(26,27)28/h4-13H,1-3H3,(H2,29,30,33)(H2,31,32,35). The van der Waals surface area contributed by atoms with Crippen LogP contribution in [-0.2, 0) is 11.6 Å². The van der Waals surface area contributed by atoms with Crippen LogP contribution in [-0.4, -0.2) is 21.0 Å². The van der Waals surface area contributed by atoms with Gasteiger partial charge in [0.25, 0.3) is 0 Å². The fourth-order valence-corrected chi connectivity index (χ4v) is 4.42. The van der Waals surface area contributed by atoms with Gasteiger partial charge >= 0.3 is 12.2 Å². The van der Waals surface area contributed by atoms with E-state index >= 15 is 0 Å². The Kier molecular flexibility index (Phi) is 6.68. The number of halogens is 3. The van der Waals surface area contributed by atoms with Crippen LogP contribution in [0.4, 0.5) is 35.3 Å². The number of amides is 2. The molecule has 4 aromatic rings. The van der Waals surface area contributed by atoms with Gasteiger partial charge in [-0.1, -0.05) is 32.9 Å². The maximum Gasteiger partial charge on any atom is 0.416 e. The summed E-state index contributed by atoms with van der Waals surface area (Å²) in [6.45, 7) is 6.20. The third kappa shape index (κ3) is 5.80. The number of nitrogens with two attached hydrogens (primary N) is 1. The van der Waals surface area contributed by atoms with Crippen LogP contribution in [0.3, 0.4) is 0 Å². The van der Waals surface area contributed by atoms with E-state index in [2.05, 4.69) is 41.4 Å². The van der Waals surface area contributed by atoms with Crippen LogP contribution in [0.5, 0.6) is 0 Å². The molecule has 0 aliphatic carbocycles. The summed E-state index contributed by atoms with van der Waals surface area (Å²) < 4.78 is 38.3. The molecule has 36 heavy (non-hydrogen) atoms. The van der Waals surface area contributed by atoms with Crippen LogP contribution in [0.15, 0.2) is 60.8 Å². The second-order valence-electron chi connectivity index (χ2n) is 8.98. The lowest BCUT2D eigenvalue weighted by Gasteiger charge is -2.13. The fourth-order valence-electron chi connectivity index (χ4n) is 3.29. The normalized spacial score (nSPS) is 11.8. The molecule has 0 radical (unpaired) electrons. The number of anilines is 3. The Hall–Kier alpha value is -3.99. The lowest BCUT2D eigenvalue weighted by molar-refractivity contribution is -0.137. The van der Waals surface area contributed by atoms with E-state index in [1.54, 1.807) is 30.5 Å². The Morgan fingerprint density at radius 2 is 1.64 bits per heavy atom. The number of carbonyl (C=O) groups excluding carboxylic acids is 1. The van der Waals surface area contributed by atoms with Gasteiger partial charge in [-0.2, -0.15) is 13.2 Å². The summed E-state index contributed by atoms with van der Waals surface area (Å²) in [6, 6.07) is 12.6. The average molecular weight is 513 g/mol. The molecule has 0 spiro atoms. The number of rotatable bonds is 4. The summed E-state index contributed by atoms with van der Waals surface area (Å²) in [4.78, 5) is 26.5. The Bertz CT molecular complexity index is 1390. The van der Waals surface area contributed by atoms with Crippen LogP contribution in [0.2, 0.25) is 0 Å². The van der Waals surface area contributed by atoms with Crippen LogP contribution in [0, 0.1) is 0 Å². The number of thiazole rings is 1. The van der Waals surface area contributed by atoms with Gasteiger partial charge in [-0.05, 0) is 48.0 Å². The van der Waals surface area contributed by atoms with Crippen LogP contribution in [0.1, 0.15) is 31.3 Å². The van der Waals surface area contributed by atoms with E-state index in [9.17, 15) is 18.0 Å². The highest BCUT2D eigenvalue weighted by Gasteiger charge is 2.30. The Labute approximate surface area is 209 Å². The molecule has 0 unspecified atom stereocenters. The number of nitrogens with zero attached hydrogens (tertiary/aromatic N) is 3. The van der Waals surface area contributed by atoms with E-state index < -0.39 is 17.8 Å². The molecule has 0 saturated carbocycles. The van der Waals surface area contributed by atoms with Crippen molar-refractivity contribution >= 4 is 34.7 Å². The van der Waals surface area contributed by atoms with Gasteiger partial charge in [0, 0.05) is 23.0 Å². The highest BCUT2D eigenvalue weighted by molar-refractivity contribution is 7.15.